The summed E-state index contributed by atoms with van der Waals surface area (Å²) >= 11 is 6.62. The van der Waals surface area contributed by atoms with Gasteiger partial charge in [-0.1, -0.05) is 46.3 Å². The molecule has 0 atom stereocenters. The zero-order valence-corrected chi connectivity index (χ0v) is 19.6. The van der Waals surface area contributed by atoms with Gasteiger partial charge in [0.1, 0.15) is 5.56 Å². The molecule has 0 spiro atoms. The van der Waals surface area contributed by atoms with E-state index in [9.17, 15) is 18.0 Å². The van der Waals surface area contributed by atoms with Crippen molar-refractivity contribution in [2.24, 2.45) is 0 Å². The van der Waals surface area contributed by atoms with Crippen LogP contribution in [-0.2, 0) is 10.0 Å². The molecule has 0 aliphatic rings. The Hall–Kier alpha value is -2.75. The van der Waals surface area contributed by atoms with Crippen molar-refractivity contribution in [2.45, 2.75) is 4.90 Å². The third-order valence-corrected chi connectivity index (χ3v) is 7.19. The standard InChI is InChI=1S/C22H13Br2NO5S/c23-18-10-9-14(25-31(28,29)15-6-2-1-3-7-15)12-16(18)20(26)17-11-13-5-4-8-19(24)21(13)30-22(17)27/h1-12,25H. The SMILES string of the molecule is O=C(c1cc(NS(=O)(=O)c2ccccc2)ccc1Br)c1cc2cccc(Br)c2oc1=O. The molecule has 9 heteroatoms. The number of rotatable bonds is 5. The highest BCUT2D eigenvalue weighted by atomic mass is 79.9. The molecule has 0 bridgehead atoms. The smallest absolute Gasteiger partial charge is 0.347 e. The van der Waals surface area contributed by atoms with Gasteiger partial charge in [0.25, 0.3) is 10.0 Å². The summed E-state index contributed by atoms with van der Waals surface area (Å²) in [4.78, 5) is 25.7. The molecule has 156 valence electrons. The van der Waals surface area contributed by atoms with Gasteiger partial charge in [-0.25, -0.2) is 13.2 Å². The maximum absolute atomic E-state index is 13.1. The highest BCUT2D eigenvalue weighted by Crippen LogP contribution is 2.27. The van der Waals surface area contributed by atoms with E-state index in [1.54, 1.807) is 36.4 Å². The Kier molecular flexibility index (Phi) is 5.83. The Labute approximate surface area is 194 Å². The number of anilines is 1. The van der Waals surface area contributed by atoms with Gasteiger partial charge >= 0.3 is 5.63 Å². The first-order chi connectivity index (χ1) is 14.8. The van der Waals surface area contributed by atoms with E-state index in [1.807, 2.05) is 0 Å². The van der Waals surface area contributed by atoms with Crippen LogP contribution < -0.4 is 10.3 Å². The van der Waals surface area contributed by atoms with E-state index in [0.29, 0.717) is 19.9 Å². The second kappa shape index (κ2) is 8.41. The van der Waals surface area contributed by atoms with Gasteiger partial charge in [0.05, 0.1) is 9.37 Å². The quantitative estimate of drug-likeness (QED) is 0.261. The van der Waals surface area contributed by atoms with Crippen molar-refractivity contribution in [1.29, 1.82) is 0 Å². The summed E-state index contributed by atoms with van der Waals surface area (Å²) < 4.78 is 34.0. The summed E-state index contributed by atoms with van der Waals surface area (Å²) in [6, 6.07) is 19.0. The molecule has 0 fully saturated rings. The van der Waals surface area contributed by atoms with Crippen LogP contribution in [0.25, 0.3) is 11.0 Å². The van der Waals surface area contributed by atoms with Crippen LogP contribution in [0.15, 0.2) is 95.8 Å². The minimum atomic E-state index is -3.84. The lowest BCUT2D eigenvalue weighted by Gasteiger charge is -2.11. The maximum Gasteiger partial charge on any atom is 0.347 e. The van der Waals surface area contributed by atoms with Crippen LogP contribution >= 0.6 is 31.9 Å². The lowest BCUT2D eigenvalue weighted by molar-refractivity contribution is 0.103. The number of hydrogen-bond acceptors (Lipinski definition) is 5. The molecule has 1 heterocycles. The minimum Gasteiger partial charge on any atom is -0.421 e. The molecule has 1 N–H and O–H groups in total. The summed E-state index contributed by atoms with van der Waals surface area (Å²) in [7, 11) is -3.84. The zero-order chi connectivity index (χ0) is 22.2. The first-order valence-corrected chi connectivity index (χ1v) is 12.0. The lowest BCUT2D eigenvalue weighted by atomic mass is 10.0. The normalized spacial score (nSPS) is 11.4. The molecule has 31 heavy (non-hydrogen) atoms. The Morgan fingerprint density at radius 1 is 0.839 bits per heavy atom. The molecule has 4 aromatic rings. The number of fused-ring (bicyclic) bond motifs is 1. The van der Waals surface area contributed by atoms with Gasteiger partial charge in [-0.15, -0.1) is 0 Å². The first-order valence-electron chi connectivity index (χ1n) is 8.91. The largest absolute Gasteiger partial charge is 0.421 e. The van der Waals surface area contributed by atoms with E-state index in [4.69, 9.17) is 4.42 Å². The summed E-state index contributed by atoms with van der Waals surface area (Å²) in [6.45, 7) is 0. The van der Waals surface area contributed by atoms with Gasteiger partial charge in [0.2, 0.25) is 5.78 Å². The predicted molar refractivity (Wildman–Crippen MR) is 125 cm³/mol. The minimum absolute atomic E-state index is 0.0894. The van der Waals surface area contributed by atoms with Crippen molar-refractivity contribution >= 4 is 64.3 Å². The molecule has 0 saturated carbocycles. The number of carbonyl (C=O) groups excluding carboxylic acids is 1. The van der Waals surface area contributed by atoms with Gasteiger partial charge in [-0.3, -0.25) is 9.52 Å². The predicted octanol–water partition coefficient (Wildman–Crippen LogP) is 5.35. The van der Waals surface area contributed by atoms with Crippen LogP contribution in [0.5, 0.6) is 0 Å². The number of sulfonamides is 1. The van der Waals surface area contributed by atoms with Gasteiger partial charge in [-0.05, 0) is 58.4 Å². The Morgan fingerprint density at radius 2 is 1.58 bits per heavy atom. The van der Waals surface area contributed by atoms with Crippen molar-refractivity contribution in [2.75, 3.05) is 4.72 Å². The van der Waals surface area contributed by atoms with Crippen LogP contribution in [0.3, 0.4) is 0 Å². The van der Waals surface area contributed by atoms with E-state index in [-0.39, 0.29) is 21.7 Å². The topological polar surface area (TPSA) is 93.4 Å². The molecule has 0 saturated heterocycles. The van der Waals surface area contributed by atoms with E-state index >= 15 is 0 Å². The van der Waals surface area contributed by atoms with E-state index in [1.165, 1.54) is 36.4 Å². The van der Waals surface area contributed by atoms with E-state index < -0.39 is 21.4 Å². The van der Waals surface area contributed by atoms with Crippen molar-refractivity contribution in [3.8, 4) is 0 Å². The summed E-state index contributed by atoms with van der Waals surface area (Å²) in [5.41, 5.74) is -0.299. The van der Waals surface area contributed by atoms with Crippen molar-refractivity contribution in [1.82, 2.24) is 0 Å². The number of ketones is 1. The van der Waals surface area contributed by atoms with Gasteiger partial charge < -0.3 is 4.42 Å². The van der Waals surface area contributed by atoms with Crippen LogP contribution in [0.4, 0.5) is 5.69 Å². The number of carbonyl (C=O) groups is 1. The second-order valence-corrected chi connectivity index (χ2v) is 9.94. The molecule has 4 rings (SSSR count). The Balaban J connectivity index is 1.74. The molecular formula is C22H13Br2NO5S. The summed E-state index contributed by atoms with van der Waals surface area (Å²) in [5.74, 6) is -0.594. The molecule has 0 amide bonds. The molecule has 0 radical (unpaired) electrons. The summed E-state index contributed by atoms with van der Waals surface area (Å²) in [5, 5.41) is 0.578. The molecular weight excluding hydrogens is 550 g/mol. The molecule has 1 aromatic heterocycles. The third kappa shape index (κ3) is 4.34. The highest BCUT2D eigenvalue weighted by Gasteiger charge is 2.21. The fourth-order valence-corrected chi connectivity index (χ4v) is 4.95. The molecule has 3 aromatic carbocycles. The highest BCUT2D eigenvalue weighted by molar-refractivity contribution is 9.11. The first kappa shape index (κ1) is 21.5. The summed E-state index contributed by atoms with van der Waals surface area (Å²) in [6.07, 6.45) is 0. The maximum atomic E-state index is 13.1. The third-order valence-electron chi connectivity index (χ3n) is 4.47. The number of halogens is 2. The van der Waals surface area contributed by atoms with Gasteiger partial charge in [-0.2, -0.15) is 0 Å². The van der Waals surface area contributed by atoms with Gasteiger partial charge in [0.15, 0.2) is 5.58 Å². The van der Waals surface area contributed by atoms with E-state index in [0.717, 1.165) is 0 Å². The van der Waals surface area contributed by atoms with E-state index in [2.05, 4.69) is 36.6 Å². The monoisotopic (exact) mass is 561 g/mol. The molecule has 0 aliphatic heterocycles. The average Bonchev–Trinajstić information content (AvgIpc) is 2.75. The zero-order valence-electron chi connectivity index (χ0n) is 15.6. The fourth-order valence-electron chi connectivity index (χ4n) is 2.99. The van der Waals surface area contributed by atoms with Crippen molar-refractivity contribution in [3.05, 3.63) is 103 Å². The molecule has 6 nitrogen and oxygen atoms in total. The molecule has 0 unspecified atom stereocenters. The number of nitrogens with one attached hydrogen (secondary N) is 1. The second-order valence-electron chi connectivity index (χ2n) is 6.55. The van der Waals surface area contributed by atoms with Crippen LogP contribution in [0.2, 0.25) is 0 Å². The number of benzene rings is 3. The van der Waals surface area contributed by atoms with Crippen molar-refractivity contribution in [3.63, 3.8) is 0 Å². The lowest BCUT2D eigenvalue weighted by Crippen LogP contribution is -2.16. The van der Waals surface area contributed by atoms with Crippen LogP contribution in [0.1, 0.15) is 15.9 Å². The molecule has 0 aliphatic carbocycles. The Bertz CT molecular complexity index is 1480. The number of hydrogen-bond donors (Lipinski definition) is 1. The van der Waals surface area contributed by atoms with Crippen LogP contribution in [-0.4, -0.2) is 14.2 Å². The van der Waals surface area contributed by atoms with Gasteiger partial charge in [0, 0.05) is 21.1 Å². The van der Waals surface area contributed by atoms with Crippen LogP contribution in [0, 0.1) is 0 Å². The van der Waals surface area contributed by atoms with Crippen molar-refractivity contribution < 1.29 is 17.6 Å². The number of para-hydroxylation sites is 1. The average molecular weight is 563 g/mol. The Morgan fingerprint density at radius 3 is 2.32 bits per heavy atom. The fraction of sp³-hybridized carbons (Fsp3) is 0.